The van der Waals surface area contributed by atoms with Gasteiger partial charge in [-0.1, -0.05) is 15.9 Å². The third-order valence-electron chi connectivity index (χ3n) is 2.73. The average molecular weight is 370 g/mol. The standard InChI is InChI=1S/C15H16BrNO5/c1-4-20-12-7-9(16)5-6-11(12)17-8-10-13(18)21-15(2,3)22-14(10)19/h5-8,17H,4H2,1-3H3. The molecule has 0 spiro atoms. The first kappa shape index (κ1) is 16.4. The number of halogens is 1. The van der Waals surface area contributed by atoms with Gasteiger partial charge in [-0.05, 0) is 25.1 Å². The van der Waals surface area contributed by atoms with Gasteiger partial charge in [-0.2, -0.15) is 0 Å². The maximum Gasteiger partial charge on any atom is 0.350 e. The first-order chi connectivity index (χ1) is 10.3. The zero-order valence-corrected chi connectivity index (χ0v) is 14.0. The molecule has 2 rings (SSSR count). The molecule has 6 nitrogen and oxygen atoms in total. The summed E-state index contributed by atoms with van der Waals surface area (Å²) in [4.78, 5) is 23.7. The van der Waals surface area contributed by atoms with E-state index in [1.54, 1.807) is 12.1 Å². The van der Waals surface area contributed by atoms with Crippen LogP contribution < -0.4 is 10.1 Å². The number of nitrogens with one attached hydrogen (secondary N) is 1. The van der Waals surface area contributed by atoms with Crippen molar-refractivity contribution in [2.24, 2.45) is 0 Å². The molecule has 1 saturated heterocycles. The molecule has 1 aliphatic heterocycles. The Balaban J connectivity index is 2.21. The van der Waals surface area contributed by atoms with E-state index in [9.17, 15) is 9.59 Å². The first-order valence-electron chi connectivity index (χ1n) is 6.68. The SMILES string of the molecule is CCOc1cc(Br)ccc1NC=C1C(=O)OC(C)(C)OC1=O. The number of hydrogen-bond acceptors (Lipinski definition) is 6. The summed E-state index contributed by atoms with van der Waals surface area (Å²) in [5.41, 5.74) is 0.410. The van der Waals surface area contributed by atoms with E-state index >= 15 is 0 Å². The normalized spacial score (nSPS) is 16.6. The molecule has 0 saturated carbocycles. The van der Waals surface area contributed by atoms with E-state index in [4.69, 9.17) is 14.2 Å². The highest BCUT2D eigenvalue weighted by atomic mass is 79.9. The molecule has 0 amide bonds. The van der Waals surface area contributed by atoms with Crippen LogP contribution in [0.5, 0.6) is 5.75 Å². The average Bonchev–Trinajstić information content (AvgIpc) is 2.39. The summed E-state index contributed by atoms with van der Waals surface area (Å²) in [5, 5.41) is 2.87. The van der Waals surface area contributed by atoms with Crippen LogP contribution in [0, 0.1) is 0 Å². The molecule has 0 bridgehead atoms. The van der Waals surface area contributed by atoms with Crippen LogP contribution in [-0.4, -0.2) is 24.3 Å². The molecular weight excluding hydrogens is 354 g/mol. The lowest BCUT2D eigenvalue weighted by atomic mass is 10.2. The zero-order chi connectivity index (χ0) is 16.3. The maximum atomic E-state index is 11.8. The molecule has 0 unspecified atom stereocenters. The van der Waals surface area contributed by atoms with Gasteiger partial charge in [-0.15, -0.1) is 0 Å². The minimum absolute atomic E-state index is 0.204. The van der Waals surface area contributed by atoms with Crippen molar-refractivity contribution in [2.45, 2.75) is 26.6 Å². The highest BCUT2D eigenvalue weighted by Gasteiger charge is 2.38. The Morgan fingerprint density at radius 3 is 2.50 bits per heavy atom. The highest BCUT2D eigenvalue weighted by molar-refractivity contribution is 9.10. The number of esters is 2. The lowest BCUT2D eigenvalue weighted by molar-refractivity contribution is -0.222. The third kappa shape index (κ3) is 3.79. The fraction of sp³-hybridized carbons (Fsp3) is 0.333. The molecule has 0 radical (unpaired) electrons. The van der Waals surface area contributed by atoms with Crippen molar-refractivity contribution in [3.05, 3.63) is 34.4 Å². The van der Waals surface area contributed by atoms with Crippen LogP contribution >= 0.6 is 15.9 Å². The molecule has 118 valence electrons. The molecule has 1 fully saturated rings. The minimum atomic E-state index is -1.25. The van der Waals surface area contributed by atoms with E-state index in [2.05, 4.69) is 21.2 Å². The summed E-state index contributed by atoms with van der Waals surface area (Å²) >= 11 is 3.35. The van der Waals surface area contributed by atoms with Crippen LogP contribution in [0.2, 0.25) is 0 Å². The third-order valence-corrected chi connectivity index (χ3v) is 3.23. The van der Waals surface area contributed by atoms with E-state index < -0.39 is 17.7 Å². The number of rotatable bonds is 4. The van der Waals surface area contributed by atoms with Gasteiger partial charge in [0.25, 0.3) is 5.79 Å². The molecule has 1 heterocycles. The van der Waals surface area contributed by atoms with Gasteiger partial charge >= 0.3 is 11.9 Å². The predicted octanol–water partition coefficient (Wildman–Crippen LogP) is 2.98. The van der Waals surface area contributed by atoms with Gasteiger partial charge in [0, 0.05) is 24.5 Å². The lowest BCUT2D eigenvalue weighted by Crippen LogP contribution is -2.42. The van der Waals surface area contributed by atoms with Crippen molar-refractivity contribution in [2.75, 3.05) is 11.9 Å². The van der Waals surface area contributed by atoms with Gasteiger partial charge in [-0.25, -0.2) is 9.59 Å². The molecule has 1 N–H and O–H groups in total. The molecule has 0 aliphatic carbocycles. The van der Waals surface area contributed by atoms with E-state index in [1.165, 1.54) is 20.0 Å². The minimum Gasteiger partial charge on any atom is -0.492 e. The van der Waals surface area contributed by atoms with Crippen molar-refractivity contribution in [3.8, 4) is 5.75 Å². The van der Waals surface area contributed by atoms with Crippen molar-refractivity contribution in [1.82, 2.24) is 0 Å². The van der Waals surface area contributed by atoms with Crippen LogP contribution in [0.25, 0.3) is 0 Å². The number of hydrogen-bond donors (Lipinski definition) is 1. The molecule has 1 aromatic carbocycles. The maximum absolute atomic E-state index is 11.8. The fourth-order valence-electron chi connectivity index (χ4n) is 1.82. The number of cyclic esters (lactones) is 2. The largest absolute Gasteiger partial charge is 0.492 e. The monoisotopic (exact) mass is 369 g/mol. The number of carbonyl (C=O) groups is 2. The Hall–Kier alpha value is -2.02. The Labute approximate surface area is 136 Å². The van der Waals surface area contributed by atoms with Gasteiger partial charge in [0.2, 0.25) is 0 Å². The number of carbonyl (C=O) groups excluding carboxylic acids is 2. The zero-order valence-electron chi connectivity index (χ0n) is 12.4. The predicted molar refractivity (Wildman–Crippen MR) is 83.3 cm³/mol. The van der Waals surface area contributed by atoms with Crippen molar-refractivity contribution in [3.63, 3.8) is 0 Å². The van der Waals surface area contributed by atoms with E-state index in [0.29, 0.717) is 18.0 Å². The second-order valence-electron chi connectivity index (χ2n) is 4.95. The van der Waals surface area contributed by atoms with Crippen LogP contribution in [0.15, 0.2) is 34.4 Å². The summed E-state index contributed by atoms with van der Waals surface area (Å²) in [6.07, 6.45) is 1.26. The van der Waals surface area contributed by atoms with Crippen LogP contribution in [0.4, 0.5) is 5.69 Å². The molecule has 22 heavy (non-hydrogen) atoms. The van der Waals surface area contributed by atoms with Gasteiger partial charge < -0.3 is 19.5 Å². The lowest BCUT2D eigenvalue weighted by Gasteiger charge is -2.29. The molecule has 1 aromatic rings. The topological polar surface area (TPSA) is 73.9 Å². The van der Waals surface area contributed by atoms with Crippen molar-refractivity contribution < 1.29 is 23.8 Å². The number of benzene rings is 1. The Morgan fingerprint density at radius 1 is 1.27 bits per heavy atom. The van der Waals surface area contributed by atoms with E-state index in [-0.39, 0.29) is 5.57 Å². The van der Waals surface area contributed by atoms with Crippen LogP contribution in [0.3, 0.4) is 0 Å². The Kier molecular flexibility index (Phi) is 4.75. The molecule has 0 aromatic heterocycles. The quantitative estimate of drug-likeness (QED) is 0.499. The van der Waals surface area contributed by atoms with Gasteiger partial charge in [0.1, 0.15) is 5.75 Å². The summed E-state index contributed by atoms with van der Waals surface area (Å²) in [6, 6.07) is 5.35. The molecule has 7 heteroatoms. The number of ether oxygens (including phenoxy) is 3. The molecule has 1 aliphatic rings. The summed E-state index contributed by atoms with van der Waals surface area (Å²) in [6.45, 7) is 5.34. The highest BCUT2D eigenvalue weighted by Crippen LogP contribution is 2.29. The van der Waals surface area contributed by atoms with Crippen molar-refractivity contribution in [1.29, 1.82) is 0 Å². The van der Waals surface area contributed by atoms with E-state index in [0.717, 1.165) is 4.47 Å². The first-order valence-corrected chi connectivity index (χ1v) is 7.47. The summed E-state index contributed by atoms with van der Waals surface area (Å²) in [7, 11) is 0. The second kappa shape index (κ2) is 6.39. The van der Waals surface area contributed by atoms with Gasteiger partial charge in [0.15, 0.2) is 5.57 Å². The smallest absolute Gasteiger partial charge is 0.350 e. The van der Waals surface area contributed by atoms with Gasteiger partial charge in [-0.3, -0.25) is 0 Å². The van der Waals surface area contributed by atoms with Crippen LogP contribution in [0.1, 0.15) is 20.8 Å². The Bertz CT molecular complexity index is 617. The van der Waals surface area contributed by atoms with Crippen molar-refractivity contribution >= 4 is 33.6 Å². The Morgan fingerprint density at radius 2 is 1.91 bits per heavy atom. The van der Waals surface area contributed by atoms with E-state index in [1.807, 2.05) is 13.0 Å². The molecule has 0 atom stereocenters. The number of anilines is 1. The van der Waals surface area contributed by atoms with Crippen LogP contribution in [-0.2, 0) is 19.1 Å². The molecular formula is C15H16BrNO5. The summed E-state index contributed by atoms with van der Waals surface area (Å²) in [5.74, 6) is -2.13. The van der Waals surface area contributed by atoms with Gasteiger partial charge in [0.05, 0.1) is 12.3 Å². The fourth-order valence-corrected chi connectivity index (χ4v) is 2.16. The summed E-state index contributed by atoms with van der Waals surface area (Å²) < 4.78 is 16.4. The second-order valence-corrected chi connectivity index (χ2v) is 5.87.